The summed E-state index contributed by atoms with van der Waals surface area (Å²) in [6.45, 7) is 6.45. The molecule has 2 aromatic carbocycles. The van der Waals surface area contributed by atoms with Crippen molar-refractivity contribution < 1.29 is 9.59 Å². The minimum atomic E-state index is -0.342. The molecule has 31 heavy (non-hydrogen) atoms. The summed E-state index contributed by atoms with van der Waals surface area (Å²) in [5.41, 5.74) is 3.95. The molecule has 0 spiro atoms. The normalized spacial score (nSPS) is 11.5. The summed E-state index contributed by atoms with van der Waals surface area (Å²) in [5.74, 6) is -0.327. The molecule has 158 valence electrons. The van der Waals surface area contributed by atoms with Crippen LogP contribution in [-0.4, -0.2) is 36.3 Å². The Hall–Kier alpha value is -3.15. The number of carbonyl (C=O) groups excluding carboxylic acids is 2. The Kier molecular flexibility index (Phi) is 5.81. The Balaban J connectivity index is 1.37. The molecule has 0 aliphatic carbocycles. The molecule has 0 radical (unpaired) electrons. The van der Waals surface area contributed by atoms with Crippen LogP contribution in [-0.2, 0) is 16.6 Å². The van der Waals surface area contributed by atoms with Gasteiger partial charge in [-0.3, -0.25) is 0 Å². The van der Waals surface area contributed by atoms with E-state index in [9.17, 15) is 9.59 Å². The average molecular weight is 479 g/mol. The first-order valence-electron chi connectivity index (χ1n) is 10.0. The van der Waals surface area contributed by atoms with E-state index < -0.39 is 0 Å². The molecule has 6 nitrogen and oxygen atoms in total. The van der Waals surface area contributed by atoms with Crippen LogP contribution in [0.3, 0.4) is 0 Å². The molecule has 2 aromatic heterocycles. The summed E-state index contributed by atoms with van der Waals surface area (Å²) in [7, 11) is 0. The molecule has 0 saturated heterocycles. The Morgan fingerprint density at radius 2 is 1.77 bits per heavy atom. The van der Waals surface area contributed by atoms with Crippen molar-refractivity contribution in [1.29, 1.82) is 0 Å². The number of nitrogens with zero attached hydrogens (tertiary/aromatic N) is 1. The van der Waals surface area contributed by atoms with Crippen LogP contribution in [0.4, 0.5) is 10.4 Å². The zero-order valence-corrected chi connectivity index (χ0v) is 19.4. The maximum absolute atomic E-state index is 12.6. The van der Waals surface area contributed by atoms with Gasteiger partial charge in [-0.25, -0.2) is 0 Å². The third-order valence-electron chi connectivity index (χ3n) is 5.01. The van der Waals surface area contributed by atoms with Crippen molar-refractivity contribution >= 4 is 47.6 Å². The van der Waals surface area contributed by atoms with E-state index in [1.165, 1.54) is 5.56 Å². The van der Waals surface area contributed by atoms with Gasteiger partial charge in [-0.05, 0) is 0 Å². The van der Waals surface area contributed by atoms with Crippen molar-refractivity contribution in [2.24, 2.45) is 0 Å². The number of aromatic amines is 1. The van der Waals surface area contributed by atoms with Gasteiger partial charge in [0.2, 0.25) is 0 Å². The van der Waals surface area contributed by atoms with Crippen LogP contribution >= 0.6 is 0 Å². The number of H-pyrrole nitrogens is 1. The van der Waals surface area contributed by atoms with Gasteiger partial charge >= 0.3 is 187 Å². The van der Waals surface area contributed by atoms with Crippen molar-refractivity contribution in [3.05, 3.63) is 76.5 Å². The molecule has 7 heteroatoms. The topological polar surface area (TPSA) is 86.9 Å². The molecule has 2 heterocycles. The second kappa shape index (κ2) is 8.53. The van der Waals surface area contributed by atoms with Gasteiger partial charge < -0.3 is 0 Å². The van der Waals surface area contributed by atoms with Crippen LogP contribution in [0.2, 0.25) is 0 Å². The van der Waals surface area contributed by atoms with Crippen LogP contribution in [0, 0.1) is 0 Å². The quantitative estimate of drug-likeness (QED) is 0.372. The van der Waals surface area contributed by atoms with Crippen LogP contribution in [0.1, 0.15) is 41.1 Å². The predicted molar refractivity (Wildman–Crippen MR) is 125 cm³/mol. The first-order valence-corrected chi connectivity index (χ1v) is 11.7. The fraction of sp³-hybridized carbons (Fsp3) is 0.208. The van der Waals surface area contributed by atoms with E-state index in [4.69, 9.17) is 0 Å². The number of benzene rings is 2. The van der Waals surface area contributed by atoms with Gasteiger partial charge in [-0.2, -0.15) is 0 Å². The third kappa shape index (κ3) is 4.95. The van der Waals surface area contributed by atoms with Crippen LogP contribution in [0.5, 0.6) is 0 Å². The number of carbonyl (C=O) groups is 2. The molecule has 0 unspecified atom stereocenters. The number of amides is 2. The number of hydrogen-bond donors (Lipinski definition) is 3. The van der Waals surface area contributed by atoms with Gasteiger partial charge in [0.05, 0.1) is 0 Å². The fourth-order valence-electron chi connectivity index (χ4n) is 3.30. The molecule has 0 fully saturated rings. The van der Waals surface area contributed by atoms with Gasteiger partial charge in [0, 0.05) is 0 Å². The number of aromatic nitrogens is 2. The monoisotopic (exact) mass is 480 g/mol. The Morgan fingerprint density at radius 1 is 1.03 bits per heavy atom. The van der Waals surface area contributed by atoms with Crippen LogP contribution in [0.25, 0.3) is 10.9 Å². The van der Waals surface area contributed by atoms with Crippen molar-refractivity contribution in [3.8, 4) is 0 Å². The summed E-state index contributed by atoms with van der Waals surface area (Å²) < 4.78 is 1.13. The molecule has 0 aliphatic rings. The van der Waals surface area contributed by atoms with E-state index in [0.29, 0.717) is 9.13 Å². The maximum atomic E-state index is 12.6. The molecular weight excluding hydrogens is 455 g/mol. The molecule has 0 aliphatic heterocycles. The number of rotatable bonds is 5. The van der Waals surface area contributed by atoms with Crippen molar-refractivity contribution in [2.75, 3.05) is 10.6 Å². The standard InChI is InChI=1S/C24H24N4O2Se/c1-24(2,3)16-8-10-17(11-9-16)27-22(30)20-14-26-23(31-20)28-21(29)12-15-13-25-19-7-5-4-6-18(15)19/h4-11,13-14,25H,12H2,1-3H3,(H,27,30)(H,26,28,29). The van der Waals surface area contributed by atoms with Gasteiger partial charge in [-0.15, -0.1) is 0 Å². The summed E-state index contributed by atoms with van der Waals surface area (Å²) in [6.07, 6.45) is 3.65. The zero-order chi connectivity index (χ0) is 22.0. The fourth-order valence-corrected chi connectivity index (χ4v) is 4.82. The predicted octanol–water partition coefficient (Wildman–Crippen LogP) is 4.35. The van der Waals surface area contributed by atoms with Crippen LogP contribution < -0.4 is 10.6 Å². The Morgan fingerprint density at radius 3 is 2.52 bits per heavy atom. The molecule has 0 bridgehead atoms. The summed E-state index contributed by atoms with van der Waals surface area (Å²) in [4.78, 5) is 32.5. The van der Waals surface area contributed by atoms with E-state index in [0.717, 1.165) is 22.2 Å². The molecule has 0 saturated carbocycles. The van der Waals surface area contributed by atoms with Gasteiger partial charge in [0.1, 0.15) is 0 Å². The van der Waals surface area contributed by atoms with E-state index in [-0.39, 0.29) is 38.2 Å². The Labute approximate surface area is 186 Å². The number of hydrogen-bond acceptors (Lipinski definition) is 3. The first kappa shape index (κ1) is 21.1. The summed E-state index contributed by atoms with van der Waals surface area (Å²) in [6, 6.07) is 15.7. The van der Waals surface area contributed by atoms with Gasteiger partial charge in [0.15, 0.2) is 0 Å². The Bertz CT molecular complexity index is 1230. The second-order valence-electron chi connectivity index (χ2n) is 8.40. The minimum absolute atomic E-state index is 0.0628. The molecule has 4 aromatic rings. The van der Waals surface area contributed by atoms with Gasteiger partial charge in [0.25, 0.3) is 0 Å². The number of fused-ring (bicyclic) bond motifs is 1. The van der Waals surface area contributed by atoms with E-state index in [1.54, 1.807) is 6.20 Å². The van der Waals surface area contributed by atoms with Crippen molar-refractivity contribution in [3.63, 3.8) is 0 Å². The SMILES string of the molecule is CC(C)(C)c1ccc(NC(=O)c2cnc(NC(=O)Cc3c[nH]c4ccccc34)[se]2)cc1. The van der Waals surface area contributed by atoms with E-state index in [2.05, 4.69) is 41.4 Å². The summed E-state index contributed by atoms with van der Waals surface area (Å²) >= 11 is -0.342. The van der Waals surface area contributed by atoms with Gasteiger partial charge in [-0.1, -0.05) is 0 Å². The zero-order valence-electron chi connectivity index (χ0n) is 17.7. The first-order chi connectivity index (χ1) is 14.8. The van der Waals surface area contributed by atoms with Crippen LogP contribution in [0.15, 0.2) is 60.9 Å². The molecule has 4 rings (SSSR count). The number of anilines is 2. The molecule has 0 atom stereocenters. The average Bonchev–Trinajstić information content (AvgIpc) is 3.35. The van der Waals surface area contributed by atoms with Crippen molar-refractivity contribution in [1.82, 2.24) is 9.97 Å². The van der Waals surface area contributed by atoms with E-state index >= 15 is 0 Å². The molecule has 3 N–H and O–H groups in total. The molecular formula is C24H24N4O2Se. The third-order valence-corrected chi connectivity index (χ3v) is 6.92. The van der Waals surface area contributed by atoms with E-state index in [1.807, 2.05) is 54.7 Å². The summed E-state index contributed by atoms with van der Waals surface area (Å²) in [5, 5.41) is 6.79. The van der Waals surface area contributed by atoms with Crippen molar-refractivity contribution in [2.45, 2.75) is 32.6 Å². The number of para-hydroxylation sites is 1. The molecule has 2 amide bonds. The second-order valence-corrected chi connectivity index (χ2v) is 10.6. The number of nitrogens with one attached hydrogen (secondary N) is 3.